The number of nitrogens with zero attached hydrogens (tertiary/aromatic N) is 2. The lowest BCUT2D eigenvalue weighted by atomic mass is 9.49. The van der Waals surface area contributed by atoms with E-state index in [1.54, 1.807) is 0 Å². The summed E-state index contributed by atoms with van der Waals surface area (Å²) in [6, 6.07) is 0. The Morgan fingerprint density at radius 3 is 1.85 bits per heavy atom. The molecule has 7 aliphatic rings. The lowest BCUT2D eigenvalue weighted by Crippen LogP contribution is -2.59. The molecule has 0 spiro atoms. The van der Waals surface area contributed by atoms with Crippen molar-refractivity contribution in [2.75, 3.05) is 26.2 Å². The van der Waals surface area contributed by atoms with E-state index < -0.39 is 0 Å². The molecule has 6 fully saturated rings. The molecule has 0 radical (unpaired) electrons. The number of allylic oxidation sites excluding steroid dienone is 2. The SMILES string of the molecule is O=C(C1CC2C=CC1C2)N1CCN(C(=O)C23CC4CC(CC(C4)C2)C3)CC1. The second-order valence-corrected chi connectivity index (χ2v) is 10.7. The highest BCUT2D eigenvalue weighted by Gasteiger charge is 2.55. The molecule has 4 nitrogen and oxygen atoms in total. The Bertz CT molecular complexity index is 655. The summed E-state index contributed by atoms with van der Waals surface area (Å²) in [5.41, 5.74) is -0.0314. The summed E-state index contributed by atoms with van der Waals surface area (Å²) < 4.78 is 0. The van der Waals surface area contributed by atoms with Crippen molar-refractivity contribution >= 4 is 11.8 Å². The second kappa shape index (κ2) is 5.84. The third-order valence-electron chi connectivity index (χ3n) is 8.97. The first-order valence-electron chi connectivity index (χ1n) is 11.4. The van der Waals surface area contributed by atoms with Crippen LogP contribution in [-0.2, 0) is 9.59 Å². The van der Waals surface area contributed by atoms with Gasteiger partial charge in [-0.2, -0.15) is 0 Å². The number of hydrogen-bond donors (Lipinski definition) is 0. The summed E-state index contributed by atoms with van der Waals surface area (Å²) in [6.07, 6.45) is 14.4. The molecular weight excluding hydrogens is 336 g/mol. The molecule has 6 aliphatic carbocycles. The minimum absolute atomic E-state index is 0.0314. The van der Waals surface area contributed by atoms with Gasteiger partial charge in [-0.3, -0.25) is 9.59 Å². The lowest BCUT2D eigenvalue weighted by molar-refractivity contribution is -0.161. The van der Waals surface area contributed by atoms with E-state index in [1.165, 1.54) is 25.7 Å². The monoisotopic (exact) mass is 368 g/mol. The zero-order valence-corrected chi connectivity index (χ0v) is 16.3. The number of rotatable bonds is 2. The van der Waals surface area contributed by atoms with Crippen LogP contribution in [0.1, 0.15) is 51.4 Å². The van der Waals surface area contributed by atoms with E-state index in [1.807, 2.05) is 0 Å². The molecule has 0 N–H and O–H groups in total. The van der Waals surface area contributed by atoms with Crippen LogP contribution >= 0.6 is 0 Å². The highest BCUT2D eigenvalue weighted by Crippen LogP contribution is 2.60. The summed E-state index contributed by atoms with van der Waals surface area (Å²) in [5.74, 6) is 4.57. The highest BCUT2D eigenvalue weighted by molar-refractivity contribution is 5.84. The van der Waals surface area contributed by atoms with E-state index in [4.69, 9.17) is 0 Å². The summed E-state index contributed by atoms with van der Waals surface area (Å²) in [7, 11) is 0. The molecule has 3 unspecified atom stereocenters. The van der Waals surface area contributed by atoms with Crippen molar-refractivity contribution in [1.82, 2.24) is 9.80 Å². The van der Waals surface area contributed by atoms with Crippen molar-refractivity contribution < 1.29 is 9.59 Å². The van der Waals surface area contributed by atoms with Gasteiger partial charge in [0.05, 0.1) is 5.41 Å². The standard InChI is InChI=1S/C23H32N2O2/c26-21(20-11-15-1-2-19(20)10-15)24-3-5-25(6-4-24)22(27)23-12-16-7-17(13-23)9-18(8-16)14-23/h1-2,15-20H,3-14H2. The number of carbonyl (C=O) groups excluding carboxylic acids is 2. The molecule has 27 heavy (non-hydrogen) atoms. The molecule has 0 aromatic carbocycles. The Morgan fingerprint density at radius 1 is 0.741 bits per heavy atom. The molecule has 5 saturated carbocycles. The summed E-state index contributed by atoms with van der Waals surface area (Å²) in [6.45, 7) is 3.00. The number of piperazine rings is 1. The Labute approximate surface area is 162 Å². The Hall–Kier alpha value is -1.32. The predicted octanol–water partition coefficient (Wildman–Crippen LogP) is 3.09. The molecule has 146 valence electrons. The Morgan fingerprint density at radius 2 is 1.33 bits per heavy atom. The maximum absolute atomic E-state index is 13.5. The molecule has 3 atom stereocenters. The first kappa shape index (κ1) is 16.6. The molecule has 6 bridgehead atoms. The second-order valence-electron chi connectivity index (χ2n) is 10.7. The van der Waals surface area contributed by atoms with Crippen LogP contribution in [-0.4, -0.2) is 47.8 Å². The summed E-state index contributed by atoms with van der Waals surface area (Å²) >= 11 is 0. The van der Waals surface area contributed by atoms with Gasteiger partial charge in [0.25, 0.3) is 0 Å². The molecule has 0 aromatic rings. The third-order valence-corrected chi connectivity index (χ3v) is 8.97. The van der Waals surface area contributed by atoms with Gasteiger partial charge in [0.15, 0.2) is 0 Å². The van der Waals surface area contributed by atoms with Gasteiger partial charge in [0.1, 0.15) is 0 Å². The number of carbonyl (C=O) groups is 2. The van der Waals surface area contributed by atoms with E-state index in [0.29, 0.717) is 23.7 Å². The summed E-state index contributed by atoms with van der Waals surface area (Å²) in [4.78, 5) is 30.7. The minimum Gasteiger partial charge on any atom is -0.339 e. The average Bonchev–Trinajstić information content (AvgIpc) is 3.29. The van der Waals surface area contributed by atoms with Crippen LogP contribution in [0.3, 0.4) is 0 Å². The van der Waals surface area contributed by atoms with Crippen molar-refractivity contribution in [2.24, 2.45) is 40.9 Å². The Balaban J connectivity index is 1.10. The van der Waals surface area contributed by atoms with E-state index in [2.05, 4.69) is 22.0 Å². The molecule has 2 amide bonds. The maximum atomic E-state index is 13.5. The topological polar surface area (TPSA) is 40.6 Å². The molecule has 7 rings (SSSR count). The van der Waals surface area contributed by atoms with E-state index >= 15 is 0 Å². The first-order chi connectivity index (χ1) is 13.1. The van der Waals surface area contributed by atoms with Crippen LogP contribution in [0.4, 0.5) is 0 Å². The van der Waals surface area contributed by atoms with Gasteiger partial charge in [-0.1, -0.05) is 12.2 Å². The summed E-state index contributed by atoms with van der Waals surface area (Å²) in [5, 5.41) is 0. The van der Waals surface area contributed by atoms with Gasteiger partial charge in [0.2, 0.25) is 11.8 Å². The van der Waals surface area contributed by atoms with E-state index in [9.17, 15) is 9.59 Å². The average molecular weight is 369 g/mol. The predicted molar refractivity (Wildman–Crippen MR) is 103 cm³/mol. The fraction of sp³-hybridized carbons (Fsp3) is 0.826. The van der Waals surface area contributed by atoms with Crippen molar-refractivity contribution in [1.29, 1.82) is 0 Å². The van der Waals surface area contributed by atoms with Crippen LogP contribution in [0, 0.1) is 40.9 Å². The van der Waals surface area contributed by atoms with E-state index in [-0.39, 0.29) is 11.3 Å². The van der Waals surface area contributed by atoms with Crippen molar-refractivity contribution in [2.45, 2.75) is 51.4 Å². The zero-order valence-electron chi connectivity index (χ0n) is 16.3. The maximum Gasteiger partial charge on any atom is 0.228 e. The fourth-order valence-electron chi connectivity index (χ4n) is 8.14. The van der Waals surface area contributed by atoms with Crippen molar-refractivity contribution in [3.63, 3.8) is 0 Å². The molecule has 1 heterocycles. The first-order valence-corrected chi connectivity index (χ1v) is 11.4. The number of hydrogen-bond acceptors (Lipinski definition) is 2. The molecule has 4 heteroatoms. The van der Waals surface area contributed by atoms with Gasteiger partial charge in [-0.15, -0.1) is 0 Å². The van der Waals surface area contributed by atoms with Gasteiger partial charge in [-0.05, 0) is 81.0 Å². The van der Waals surface area contributed by atoms with Crippen molar-refractivity contribution in [3.05, 3.63) is 12.2 Å². The minimum atomic E-state index is -0.0314. The Kier molecular flexibility index (Phi) is 3.59. The number of amides is 2. The van der Waals surface area contributed by atoms with Gasteiger partial charge >= 0.3 is 0 Å². The van der Waals surface area contributed by atoms with Crippen molar-refractivity contribution in [3.8, 4) is 0 Å². The zero-order chi connectivity index (χ0) is 18.2. The highest BCUT2D eigenvalue weighted by atomic mass is 16.2. The third kappa shape index (κ3) is 2.54. The largest absolute Gasteiger partial charge is 0.339 e. The van der Waals surface area contributed by atoms with Crippen LogP contribution < -0.4 is 0 Å². The van der Waals surface area contributed by atoms with Crippen LogP contribution in [0.15, 0.2) is 12.2 Å². The molecule has 1 saturated heterocycles. The molecule has 0 aromatic heterocycles. The molecule has 1 aliphatic heterocycles. The van der Waals surface area contributed by atoms with Crippen LogP contribution in [0.25, 0.3) is 0 Å². The smallest absolute Gasteiger partial charge is 0.228 e. The van der Waals surface area contributed by atoms with Crippen LogP contribution in [0.5, 0.6) is 0 Å². The molecular formula is C23H32N2O2. The lowest BCUT2D eigenvalue weighted by Gasteiger charge is -2.57. The van der Waals surface area contributed by atoms with Gasteiger partial charge in [-0.25, -0.2) is 0 Å². The quantitative estimate of drug-likeness (QED) is 0.703. The van der Waals surface area contributed by atoms with Gasteiger partial charge in [0, 0.05) is 32.1 Å². The van der Waals surface area contributed by atoms with Crippen LogP contribution in [0.2, 0.25) is 0 Å². The fourth-order valence-corrected chi connectivity index (χ4v) is 8.14. The van der Waals surface area contributed by atoms with E-state index in [0.717, 1.165) is 69.6 Å². The van der Waals surface area contributed by atoms with Gasteiger partial charge < -0.3 is 9.80 Å². The normalized spacial score (nSPS) is 47.1. The number of fused-ring (bicyclic) bond motifs is 2.